The fraction of sp³-hybridized carbons (Fsp3) is 0.500. The standard InChI is InChI=1S/C18H22O9/c1-10(19)25-16-14(23-3)13(21)15(27-18(16)26-11(2)20)17(22)24-9-12-7-5-4-6-8-12/h4-8,13-16,18,21H,9H2,1-3H3/t13-,14-,15-,16+,18?/m0/s1. The van der Waals surface area contributed by atoms with Crippen LogP contribution in [0.5, 0.6) is 0 Å². The third-order valence-electron chi connectivity index (χ3n) is 3.83. The summed E-state index contributed by atoms with van der Waals surface area (Å²) in [4.78, 5) is 35.1. The minimum Gasteiger partial charge on any atom is -0.459 e. The Morgan fingerprint density at radius 1 is 1.04 bits per heavy atom. The molecule has 1 fully saturated rings. The summed E-state index contributed by atoms with van der Waals surface area (Å²) < 4.78 is 25.8. The highest BCUT2D eigenvalue weighted by molar-refractivity contribution is 5.76. The average molecular weight is 382 g/mol. The van der Waals surface area contributed by atoms with E-state index in [1.54, 1.807) is 24.3 Å². The van der Waals surface area contributed by atoms with Gasteiger partial charge in [-0.3, -0.25) is 9.59 Å². The lowest BCUT2D eigenvalue weighted by Crippen LogP contribution is -2.62. The van der Waals surface area contributed by atoms with Gasteiger partial charge < -0.3 is 28.8 Å². The summed E-state index contributed by atoms with van der Waals surface area (Å²) in [5.74, 6) is -2.29. The molecule has 5 atom stereocenters. The van der Waals surface area contributed by atoms with Crippen LogP contribution in [0.4, 0.5) is 0 Å². The first-order valence-corrected chi connectivity index (χ1v) is 8.24. The zero-order chi connectivity index (χ0) is 20.0. The molecule has 1 aromatic carbocycles. The second kappa shape index (κ2) is 9.45. The highest BCUT2D eigenvalue weighted by Gasteiger charge is 2.52. The topological polar surface area (TPSA) is 118 Å². The zero-order valence-electron chi connectivity index (χ0n) is 15.2. The smallest absolute Gasteiger partial charge is 0.338 e. The lowest BCUT2D eigenvalue weighted by Gasteiger charge is -2.41. The quantitative estimate of drug-likeness (QED) is 0.548. The number of rotatable bonds is 6. The van der Waals surface area contributed by atoms with E-state index < -0.39 is 48.6 Å². The molecule has 1 aliphatic rings. The molecule has 9 nitrogen and oxygen atoms in total. The number of carbonyl (C=O) groups excluding carboxylic acids is 3. The van der Waals surface area contributed by atoms with Crippen LogP contribution in [0.15, 0.2) is 30.3 Å². The second-order valence-electron chi connectivity index (χ2n) is 5.89. The number of aliphatic hydroxyl groups is 1. The molecule has 0 spiro atoms. The van der Waals surface area contributed by atoms with Crippen LogP contribution in [-0.4, -0.2) is 60.8 Å². The molecule has 0 radical (unpaired) electrons. The van der Waals surface area contributed by atoms with Crippen molar-refractivity contribution in [2.45, 2.75) is 51.2 Å². The van der Waals surface area contributed by atoms with Gasteiger partial charge in [0.25, 0.3) is 0 Å². The van der Waals surface area contributed by atoms with Crippen LogP contribution in [0, 0.1) is 0 Å². The molecule has 0 aliphatic carbocycles. The Bertz CT molecular complexity index is 660. The van der Waals surface area contributed by atoms with Crippen LogP contribution in [0.3, 0.4) is 0 Å². The van der Waals surface area contributed by atoms with Gasteiger partial charge in [0.05, 0.1) is 0 Å². The fourth-order valence-corrected chi connectivity index (χ4v) is 2.68. The normalized spacial score (nSPS) is 27.5. The van der Waals surface area contributed by atoms with Gasteiger partial charge in [-0.2, -0.15) is 0 Å². The molecule has 1 aliphatic heterocycles. The Morgan fingerprint density at radius 3 is 2.22 bits per heavy atom. The maximum Gasteiger partial charge on any atom is 0.338 e. The summed E-state index contributed by atoms with van der Waals surface area (Å²) in [5, 5.41) is 10.4. The van der Waals surface area contributed by atoms with E-state index in [-0.39, 0.29) is 6.61 Å². The van der Waals surface area contributed by atoms with Gasteiger partial charge in [0.2, 0.25) is 6.29 Å². The SMILES string of the molecule is CO[C@H]1[C@H](O)[C@@H](C(=O)OCc2ccccc2)OC(OC(C)=O)[C@@H]1OC(C)=O. The number of aliphatic hydroxyl groups excluding tert-OH is 1. The van der Waals surface area contributed by atoms with Crippen molar-refractivity contribution >= 4 is 17.9 Å². The molecule has 0 aromatic heterocycles. The second-order valence-corrected chi connectivity index (χ2v) is 5.89. The predicted molar refractivity (Wildman–Crippen MR) is 89.0 cm³/mol. The van der Waals surface area contributed by atoms with Crippen LogP contribution in [-0.2, 0) is 44.7 Å². The maximum absolute atomic E-state index is 12.4. The third kappa shape index (κ3) is 5.49. The summed E-state index contributed by atoms with van der Waals surface area (Å²) in [6.45, 7) is 2.24. The minimum atomic E-state index is -1.51. The number of methoxy groups -OCH3 is 1. The average Bonchev–Trinajstić information content (AvgIpc) is 2.62. The van der Waals surface area contributed by atoms with Gasteiger partial charge in [-0.1, -0.05) is 30.3 Å². The van der Waals surface area contributed by atoms with Crippen LogP contribution in [0.2, 0.25) is 0 Å². The monoisotopic (exact) mass is 382 g/mol. The van der Waals surface area contributed by atoms with Crippen molar-refractivity contribution in [3.05, 3.63) is 35.9 Å². The number of hydrogen-bond acceptors (Lipinski definition) is 9. The number of benzene rings is 1. The van der Waals surface area contributed by atoms with Crippen LogP contribution in [0.25, 0.3) is 0 Å². The van der Waals surface area contributed by atoms with E-state index in [0.29, 0.717) is 0 Å². The first kappa shape index (κ1) is 20.8. The molecular weight excluding hydrogens is 360 g/mol. The number of esters is 3. The number of carbonyl (C=O) groups is 3. The van der Waals surface area contributed by atoms with Crippen molar-refractivity contribution < 1.29 is 43.2 Å². The van der Waals surface area contributed by atoms with Crippen molar-refractivity contribution in [2.75, 3.05) is 7.11 Å². The van der Waals surface area contributed by atoms with Gasteiger partial charge in [-0.05, 0) is 5.56 Å². The molecule has 9 heteroatoms. The molecule has 148 valence electrons. The van der Waals surface area contributed by atoms with E-state index in [4.69, 9.17) is 23.7 Å². The fourth-order valence-electron chi connectivity index (χ4n) is 2.68. The van der Waals surface area contributed by atoms with E-state index in [2.05, 4.69) is 0 Å². The van der Waals surface area contributed by atoms with Crippen molar-refractivity contribution in [1.82, 2.24) is 0 Å². The van der Waals surface area contributed by atoms with Crippen molar-refractivity contribution in [3.8, 4) is 0 Å². The van der Waals surface area contributed by atoms with E-state index in [1.807, 2.05) is 6.07 Å². The number of ether oxygens (including phenoxy) is 5. The highest BCUT2D eigenvalue weighted by Crippen LogP contribution is 2.27. The molecule has 2 rings (SSSR count). The van der Waals surface area contributed by atoms with E-state index >= 15 is 0 Å². The van der Waals surface area contributed by atoms with Crippen molar-refractivity contribution in [2.24, 2.45) is 0 Å². The van der Waals surface area contributed by atoms with Crippen LogP contribution < -0.4 is 0 Å². The summed E-state index contributed by atoms with van der Waals surface area (Å²) in [6, 6.07) is 8.93. The molecule has 0 saturated carbocycles. The van der Waals surface area contributed by atoms with Crippen LogP contribution in [0.1, 0.15) is 19.4 Å². The van der Waals surface area contributed by atoms with Gasteiger partial charge in [0.1, 0.15) is 18.8 Å². The van der Waals surface area contributed by atoms with Gasteiger partial charge in [0.15, 0.2) is 12.2 Å². The van der Waals surface area contributed by atoms with E-state index in [1.165, 1.54) is 7.11 Å². The van der Waals surface area contributed by atoms with Gasteiger partial charge in [-0.25, -0.2) is 4.79 Å². The largest absolute Gasteiger partial charge is 0.459 e. The summed E-state index contributed by atoms with van der Waals surface area (Å²) in [6.07, 6.45) is -6.84. The lowest BCUT2D eigenvalue weighted by molar-refractivity contribution is -0.293. The van der Waals surface area contributed by atoms with Gasteiger partial charge in [0, 0.05) is 21.0 Å². The summed E-state index contributed by atoms with van der Waals surface area (Å²) in [7, 11) is 1.26. The lowest BCUT2D eigenvalue weighted by atomic mass is 9.98. The molecule has 0 amide bonds. The van der Waals surface area contributed by atoms with Crippen molar-refractivity contribution in [3.63, 3.8) is 0 Å². The molecule has 1 heterocycles. The molecule has 1 unspecified atom stereocenters. The molecular formula is C18H22O9. The summed E-state index contributed by atoms with van der Waals surface area (Å²) in [5.41, 5.74) is 0.744. The van der Waals surface area contributed by atoms with Crippen molar-refractivity contribution in [1.29, 1.82) is 0 Å². The Morgan fingerprint density at radius 2 is 1.67 bits per heavy atom. The first-order chi connectivity index (χ1) is 12.8. The molecule has 1 N–H and O–H groups in total. The number of hydrogen-bond donors (Lipinski definition) is 1. The van der Waals surface area contributed by atoms with E-state index in [9.17, 15) is 19.5 Å². The Hall–Kier alpha value is -2.49. The zero-order valence-corrected chi connectivity index (χ0v) is 15.2. The van der Waals surface area contributed by atoms with E-state index in [0.717, 1.165) is 19.4 Å². The minimum absolute atomic E-state index is 0.0322. The maximum atomic E-state index is 12.4. The summed E-state index contributed by atoms with van der Waals surface area (Å²) >= 11 is 0. The Balaban J connectivity index is 2.14. The van der Waals surface area contributed by atoms with Crippen LogP contribution >= 0.6 is 0 Å². The highest BCUT2D eigenvalue weighted by atomic mass is 16.7. The first-order valence-electron chi connectivity index (χ1n) is 8.24. The van der Waals surface area contributed by atoms with Gasteiger partial charge in [-0.15, -0.1) is 0 Å². The molecule has 27 heavy (non-hydrogen) atoms. The van der Waals surface area contributed by atoms with Gasteiger partial charge >= 0.3 is 17.9 Å². The molecule has 1 aromatic rings. The Kier molecular flexibility index (Phi) is 7.28. The molecule has 0 bridgehead atoms. The third-order valence-corrected chi connectivity index (χ3v) is 3.83. The Labute approximate surface area is 156 Å². The predicted octanol–water partition coefficient (Wildman–Crippen LogP) is 0.325. The molecule has 1 saturated heterocycles.